The quantitative estimate of drug-likeness (QED) is 0.897. The van der Waals surface area contributed by atoms with Crippen LogP contribution in [0, 0.1) is 11.6 Å². The zero-order valence-corrected chi connectivity index (χ0v) is 13.7. The average Bonchev–Trinajstić information content (AvgIpc) is 2.50. The van der Waals surface area contributed by atoms with Gasteiger partial charge in [0, 0.05) is 6.07 Å². The molecule has 0 bridgehead atoms. The van der Waals surface area contributed by atoms with Gasteiger partial charge in [0.2, 0.25) is 0 Å². The molecule has 0 heterocycles. The van der Waals surface area contributed by atoms with Gasteiger partial charge in [0.25, 0.3) is 10.0 Å². The third kappa shape index (κ3) is 3.79. The van der Waals surface area contributed by atoms with Crippen molar-refractivity contribution in [3.63, 3.8) is 0 Å². The van der Waals surface area contributed by atoms with Gasteiger partial charge in [0.05, 0.1) is 12.8 Å². The summed E-state index contributed by atoms with van der Waals surface area (Å²) in [6.45, 7) is 3.83. The molecule has 1 N–H and O–H groups in total. The number of sulfonamides is 1. The molecule has 0 aromatic heterocycles. The van der Waals surface area contributed by atoms with Crippen LogP contribution < -0.4 is 9.46 Å². The summed E-state index contributed by atoms with van der Waals surface area (Å²) in [5.41, 5.74) is 0.327. The Kier molecular flexibility index (Phi) is 4.89. The maximum atomic E-state index is 13.7. The molecule has 0 saturated carbocycles. The fraction of sp³-hybridized carbons (Fsp3) is 0.250. The van der Waals surface area contributed by atoms with Gasteiger partial charge in [0.1, 0.15) is 22.3 Å². The molecule has 4 nitrogen and oxygen atoms in total. The topological polar surface area (TPSA) is 55.4 Å². The van der Waals surface area contributed by atoms with Crippen LogP contribution in [0.2, 0.25) is 0 Å². The highest BCUT2D eigenvalue weighted by Gasteiger charge is 2.22. The van der Waals surface area contributed by atoms with Crippen LogP contribution in [0.1, 0.15) is 25.3 Å². The van der Waals surface area contributed by atoms with Gasteiger partial charge in [-0.1, -0.05) is 19.9 Å². The van der Waals surface area contributed by atoms with E-state index in [1.54, 1.807) is 6.07 Å². The molecular weight excluding hydrogens is 324 g/mol. The molecule has 0 amide bonds. The number of nitrogens with one attached hydrogen (secondary N) is 1. The highest BCUT2D eigenvalue weighted by molar-refractivity contribution is 7.92. The molecular formula is C16H17F2NO3S. The molecule has 2 aromatic carbocycles. The number of hydrogen-bond acceptors (Lipinski definition) is 3. The van der Waals surface area contributed by atoms with Gasteiger partial charge >= 0.3 is 0 Å². The molecule has 7 heteroatoms. The van der Waals surface area contributed by atoms with Gasteiger partial charge in [0.15, 0.2) is 0 Å². The highest BCUT2D eigenvalue weighted by Crippen LogP contribution is 2.30. The molecule has 0 aliphatic heterocycles. The van der Waals surface area contributed by atoms with Gasteiger partial charge in [-0.15, -0.1) is 0 Å². The summed E-state index contributed by atoms with van der Waals surface area (Å²) >= 11 is 0. The zero-order chi connectivity index (χ0) is 17.2. The van der Waals surface area contributed by atoms with Gasteiger partial charge in [-0.2, -0.15) is 0 Å². The van der Waals surface area contributed by atoms with E-state index in [0.29, 0.717) is 0 Å². The van der Waals surface area contributed by atoms with Crippen LogP contribution in [0.15, 0.2) is 41.3 Å². The highest BCUT2D eigenvalue weighted by atomic mass is 32.2. The molecule has 0 atom stereocenters. The van der Waals surface area contributed by atoms with Gasteiger partial charge in [-0.25, -0.2) is 17.2 Å². The van der Waals surface area contributed by atoms with Crippen LogP contribution in [0.25, 0.3) is 0 Å². The summed E-state index contributed by atoms with van der Waals surface area (Å²) in [6.07, 6.45) is 0. The lowest BCUT2D eigenvalue weighted by Gasteiger charge is -2.14. The van der Waals surface area contributed by atoms with Crippen LogP contribution in [0.4, 0.5) is 14.5 Å². The second-order valence-electron chi connectivity index (χ2n) is 5.29. The normalized spacial score (nSPS) is 11.6. The molecule has 2 rings (SSSR count). The van der Waals surface area contributed by atoms with Crippen LogP contribution in [0.5, 0.6) is 5.75 Å². The Morgan fingerprint density at radius 2 is 1.78 bits per heavy atom. The van der Waals surface area contributed by atoms with Crippen LogP contribution >= 0.6 is 0 Å². The van der Waals surface area contributed by atoms with Crippen LogP contribution in [-0.4, -0.2) is 15.5 Å². The van der Waals surface area contributed by atoms with Gasteiger partial charge in [-0.3, -0.25) is 4.72 Å². The molecule has 0 fully saturated rings. The summed E-state index contributed by atoms with van der Waals surface area (Å²) in [4.78, 5) is -0.130. The van der Waals surface area contributed by atoms with Crippen molar-refractivity contribution >= 4 is 15.7 Å². The number of anilines is 1. The minimum Gasteiger partial charge on any atom is -0.495 e. The average molecular weight is 341 g/mol. The molecule has 0 aliphatic rings. The third-order valence-corrected chi connectivity index (χ3v) is 4.70. The summed E-state index contributed by atoms with van der Waals surface area (Å²) in [6, 6.07) is 7.30. The van der Waals surface area contributed by atoms with Crippen LogP contribution in [-0.2, 0) is 10.0 Å². The van der Waals surface area contributed by atoms with E-state index < -0.39 is 27.3 Å². The lowest BCUT2D eigenvalue weighted by Crippen LogP contribution is -2.15. The van der Waals surface area contributed by atoms with Crippen molar-refractivity contribution in [1.29, 1.82) is 0 Å². The van der Waals surface area contributed by atoms with E-state index in [1.165, 1.54) is 19.2 Å². The number of ether oxygens (including phenoxy) is 1. The predicted octanol–water partition coefficient (Wildman–Crippen LogP) is 3.90. The molecule has 23 heavy (non-hydrogen) atoms. The number of benzene rings is 2. The Labute approximate surface area is 134 Å². The van der Waals surface area contributed by atoms with Crippen LogP contribution in [0.3, 0.4) is 0 Å². The predicted molar refractivity (Wildman–Crippen MR) is 84.2 cm³/mol. The fourth-order valence-corrected chi connectivity index (χ4v) is 3.30. The van der Waals surface area contributed by atoms with Gasteiger partial charge in [-0.05, 0) is 35.7 Å². The Bertz CT molecular complexity index is 820. The van der Waals surface area contributed by atoms with E-state index in [1.807, 2.05) is 13.8 Å². The molecule has 0 aliphatic carbocycles. The van der Waals surface area contributed by atoms with E-state index in [-0.39, 0.29) is 16.6 Å². The van der Waals surface area contributed by atoms with E-state index in [9.17, 15) is 17.2 Å². The standard InChI is InChI=1S/C16H17F2NO3S/c1-10(2)11-4-7-15(22-3)16(8-11)23(20,21)19-14-9-12(17)5-6-13(14)18/h4-10,19H,1-3H3. The first-order chi connectivity index (χ1) is 10.7. The summed E-state index contributed by atoms with van der Waals surface area (Å²) < 4.78 is 59.1. The van der Waals surface area contributed by atoms with Gasteiger partial charge < -0.3 is 4.74 Å². The fourth-order valence-electron chi connectivity index (χ4n) is 2.04. The SMILES string of the molecule is COc1ccc(C(C)C)cc1S(=O)(=O)Nc1cc(F)ccc1F. The molecule has 0 saturated heterocycles. The van der Waals surface area contributed by atoms with Crippen molar-refractivity contribution in [3.8, 4) is 5.75 Å². The molecule has 0 spiro atoms. The van der Waals surface area contributed by atoms with E-state index in [0.717, 1.165) is 23.8 Å². The lowest BCUT2D eigenvalue weighted by atomic mass is 10.0. The summed E-state index contributed by atoms with van der Waals surface area (Å²) in [5, 5.41) is 0. The van der Waals surface area contributed by atoms with Crippen molar-refractivity contribution in [2.24, 2.45) is 0 Å². The molecule has 124 valence electrons. The Hall–Kier alpha value is -2.15. The van der Waals surface area contributed by atoms with Crippen molar-refractivity contribution in [2.75, 3.05) is 11.8 Å². The zero-order valence-electron chi connectivity index (χ0n) is 12.9. The minimum atomic E-state index is -4.13. The summed E-state index contributed by atoms with van der Waals surface area (Å²) in [5.74, 6) is -1.39. The second kappa shape index (κ2) is 6.54. The largest absolute Gasteiger partial charge is 0.495 e. The monoisotopic (exact) mass is 341 g/mol. The summed E-state index contributed by atoms with van der Waals surface area (Å²) in [7, 11) is -2.79. The molecule has 2 aromatic rings. The number of rotatable bonds is 5. The Morgan fingerprint density at radius 3 is 2.39 bits per heavy atom. The minimum absolute atomic E-state index is 0.0979. The van der Waals surface area contributed by atoms with Crippen molar-refractivity contribution in [2.45, 2.75) is 24.7 Å². The first-order valence-corrected chi connectivity index (χ1v) is 8.38. The number of methoxy groups -OCH3 is 1. The Morgan fingerprint density at radius 1 is 1.09 bits per heavy atom. The first kappa shape index (κ1) is 17.2. The van der Waals surface area contributed by atoms with E-state index >= 15 is 0 Å². The van der Waals surface area contributed by atoms with Crippen molar-refractivity contribution in [1.82, 2.24) is 0 Å². The van der Waals surface area contributed by atoms with E-state index in [4.69, 9.17) is 4.74 Å². The number of halogens is 2. The lowest BCUT2D eigenvalue weighted by molar-refractivity contribution is 0.402. The second-order valence-corrected chi connectivity index (χ2v) is 6.95. The maximum absolute atomic E-state index is 13.7. The smallest absolute Gasteiger partial charge is 0.265 e. The third-order valence-electron chi connectivity index (χ3n) is 3.32. The van der Waals surface area contributed by atoms with Crippen molar-refractivity contribution < 1.29 is 21.9 Å². The first-order valence-electron chi connectivity index (χ1n) is 6.90. The Balaban J connectivity index is 2.50. The van der Waals surface area contributed by atoms with E-state index in [2.05, 4.69) is 4.72 Å². The number of hydrogen-bond donors (Lipinski definition) is 1. The molecule has 0 radical (unpaired) electrons. The van der Waals surface area contributed by atoms with Crippen molar-refractivity contribution in [3.05, 3.63) is 53.6 Å². The molecule has 0 unspecified atom stereocenters. The maximum Gasteiger partial charge on any atom is 0.265 e.